The van der Waals surface area contributed by atoms with Gasteiger partial charge in [0.05, 0.1) is 16.3 Å². The summed E-state index contributed by atoms with van der Waals surface area (Å²) in [6.07, 6.45) is 3.34. The molecule has 0 N–H and O–H groups in total. The molecule has 0 saturated carbocycles. The van der Waals surface area contributed by atoms with Crippen LogP contribution in [0.2, 0.25) is 5.02 Å². The highest BCUT2D eigenvalue weighted by Gasteiger charge is 2.15. The summed E-state index contributed by atoms with van der Waals surface area (Å²) in [4.78, 5) is 18.6. The van der Waals surface area contributed by atoms with Gasteiger partial charge in [0.15, 0.2) is 0 Å². The molecule has 2 aromatic carbocycles. The highest BCUT2D eigenvalue weighted by atomic mass is 35.5. The number of carbonyl (C=O) groups excluding carboxylic acids is 1. The fourth-order valence-corrected chi connectivity index (χ4v) is 3.47. The van der Waals surface area contributed by atoms with Crippen molar-refractivity contribution in [2.75, 3.05) is 7.05 Å². The topological polar surface area (TPSA) is 33.2 Å². The normalized spacial score (nSPS) is 12.6. The number of aromatic nitrogens is 1. The number of nitrogens with zero attached hydrogens (tertiary/aromatic N) is 2. The Balaban J connectivity index is 1.73. The molecule has 3 rings (SSSR count). The second-order valence-corrected chi connectivity index (χ2v) is 7.03. The average molecular weight is 357 g/mol. The number of likely N-dealkylation sites (N-methyl/N-ethyl adjacent to an activating group) is 1. The van der Waals surface area contributed by atoms with Gasteiger partial charge in [-0.1, -0.05) is 35.9 Å². The van der Waals surface area contributed by atoms with Crippen molar-refractivity contribution in [1.82, 2.24) is 9.88 Å². The Labute approximate surface area is 150 Å². The minimum atomic E-state index is -0.0678. The standard InChI is InChI=1S/C19H17ClN2OS/c1-13(14-6-5-7-15(20)12-14)22(2)19(23)11-10-18-21-16-8-3-4-9-17(16)24-18/h3-13H,1-2H3/b11-10+. The van der Waals surface area contributed by atoms with E-state index in [1.165, 1.54) is 0 Å². The molecule has 3 aromatic rings. The monoisotopic (exact) mass is 356 g/mol. The molecule has 0 saturated heterocycles. The lowest BCUT2D eigenvalue weighted by Gasteiger charge is -2.24. The van der Waals surface area contributed by atoms with Gasteiger partial charge in [-0.05, 0) is 42.8 Å². The summed E-state index contributed by atoms with van der Waals surface area (Å²) >= 11 is 7.60. The number of carbonyl (C=O) groups is 1. The Bertz CT molecular complexity index is 870. The molecule has 5 heteroatoms. The fourth-order valence-electron chi connectivity index (χ4n) is 2.40. The first-order valence-corrected chi connectivity index (χ1v) is 8.80. The lowest BCUT2D eigenvalue weighted by Crippen LogP contribution is -2.27. The van der Waals surface area contributed by atoms with Crippen molar-refractivity contribution in [2.45, 2.75) is 13.0 Å². The first-order chi connectivity index (χ1) is 11.5. The molecule has 0 aliphatic rings. The van der Waals surface area contributed by atoms with E-state index in [1.807, 2.05) is 55.5 Å². The lowest BCUT2D eigenvalue weighted by molar-refractivity contribution is -0.126. The maximum Gasteiger partial charge on any atom is 0.246 e. The molecule has 1 amide bonds. The zero-order valence-electron chi connectivity index (χ0n) is 13.4. The van der Waals surface area contributed by atoms with Crippen LogP contribution in [0.1, 0.15) is 23.5 Å². The number of hydrogen-bond donors (Lipinski definition) is 0. The van der Waals surface area contributed by atoms with Crippen LogP contribution in [0.15, 0.2) is 54.6 Å². The van der Waals surface area contributed by atoms with Crippen LogP contribution in [0, 0.1) is 0 Å². The Morgan fingerprint density at radius 3 is 2.79 bits per heavy atom. The molecule has 0 aliphatic carbocycles. The second-order valence-electron chi connectivity index (χ2n) is 5.53. The zero-order valence-corrected chi connectivity index (χ0v) is 15.0. The molecule has 0 aliphatic heterocycles. The van der Waals surface area contributed by atoms with Gasteiger partial charge in [-0.2, -0.15) is 0 Å². The molecule has 1 heterocycles. The van der Waals surface area contributed by atoms with E-state index in [0.29, 0.717) is 5.02 Å². The number of para-hydroxylation sites is 1. The van der Waals surface area contributed by atoms with E-state index in [0.717, 1.165) is 20.8 Å². The summed E-state index contributed by atoms with van der Waals surface area (Å²) < 4.78 is 1.12. The molecule has 1 atom stereocenters. The molecule has 1 unspecified atom stereocenters. The molecule has 1 aromatic heterocycles. The van der Waals surface area contributed by atoms with Crippen LogP contribution in [0.3, 0.4) is 0 Å². The van der Waals surface area contributed by atoms with Crippen LogP contribution in [-0.2, 0) is 4.79 Å². The summed E-state index contributed by atoms with van der Waals surface area (Å²) in [6, 6.07) is 15.5. The maximum absolute atomic E-state index is 12.4. The van der Waals surface area contributed by atoms with Crippen molar-refractivity contribution < 1.29 is 4.79 Å². The Morgan fingerprint density at radius 1 is 1.25 bits per heavy atom. The summed E-state index contributed by atoms with van der Waals surface area (Å²) in [5, 5.41) is 1.50. The predicted molar refractivity (Wildman–Crippen MR) is 101 cm³/mol. The van der Waals surface area contributed by atoms with E-state index in [4.69, 9.17) is 11.6 Å². The lowest BCUT2D eigenvalue weighted by atomic mass is 10.1. The first kappa shape index (κ1) is 16.7. The number of fused-ring (bicyclic) bond motifs is 1. The average Bonchev–Trinajstić information content (AvgIpc) is 3.01. The number of hydrogen-bond acceptors (Lipinski definition) is 3. The van der Waals surface area contributed by atoms with Gasteiger partial charge in [-0.25, -0.2) is 4.98 Å². The van der Waals surface area contributed by atoms with Crippen molar-refractivity contribution in [3.63, 3.8) is 0 Å². The van der Waals surface area contributed by atoms with Gasteiger partial charge in [-0.15, -0.1) is 11.3 Å². The van der Waals surface area contributed by atoms with Crippen LogP contribution in [0.5, 0.6) is 0 Å². The number of benzene rings is 2. The van der Waals surface area contributed by atoms with Crippen molar-refractivity contribution in [2.24, 2.45) is 0 Å². The van der Waals surface area contributed by atoms with E-state index < -0.39 is 0 Å². The van der Waals surface area contributed by atoms with Gasteiger partial charge in [0.2, 0.25) is 5.91 Å². The third-order valence-electron chi connectivity index (χ3n) is 3.94. The number of thiazole rings is 1. The number of amides is 1. The van der Waals surface area contributed by atoms with Gasteiger partial charge in [0, 0.05) is 18.1 Å². The minimum Gasteiger partial charge on any atom is -0.335 e. The van der Waals surface area contributed by atoms with Gasteiger partial charge in [-0.3, -0.25) is 4.79 Å². The number of rotatable bonds is 4. The molecule has 0 bridgehead atoms. The molecule has 0 radical (unpaired) electrons. The molecule has 24 heavy (non-hydrogen) atoms. The van der Waals surface area contributed by atoms with Gasteiger partial charge in [0.25, 0.3) is 0 Å². The van der Waals surface area contributed by atoms with Crippen LogP contribution < -0.4 is 0 Å². The van der Waals surface area contributed by atoms with Crippen molar-refractivity contribution >= 4 is 45.1 Å². The predicted octanol–water partition coefficient (Wildman–Crippen LogP) is 5.18. The van der Waals surface area contributed by atoms with E-state index >= 15 is 0 Å². The quantitative estimate of drug-likeness (QED) is 0.603. The smallest absolute Gasteiger partial charge is 0.246 e. The van der Waals surface area contributed by atoms with Crippen molar-refractivity contribution in [3.8, 4) is 0 Å². The molecule has 0 spiro atoms. The van der Waals surface area contributed by atoms with Crippen LogP contribution in [-0.4, -0.2) is 22.8 Å². The van der Waals surface area contributed by atoms with E-state index in [-0.39, 0.29) is 11.9 Å². The van der Waals surface area contributed by atoms with Gasteiger partial charge in [0.1, 0.15) is 5.01 Å². The summed E-state index contributed by atoms with van der Waals surface area (Å²) in [5.41, 5.74) is 1.96. The first-order valence-electron chi connectivity index (χ1n) is 7.60. The molecule has 3 nitrogen and oxygen atoms in total. The molecule has 122 valence electrons. The highest BCUT2D eigenvalue weighted by molar-refractivity contribution is 7.19. The zero-order chi connectivity index (χ0) is 17.1. The largest absolute Gasteiger partial charge is 0.335 e. The van der Waals surface area contributed by atoms with Crippen LogP contribution in [0.4, 0.5) is 0 Å². The summed E-state index contributed by atoms with van der Waals surface area (Å²) in [6.45, 7) is 1.98. The van der Waals surface area contributed by atoms with E-state index in [9.17, 15) is 4.79 Å². The summed E-state index contributed by atoms with van der Waals surface area (Å²) in [5.74, 6) is -0.0678. The van der Waals surface area contributed by atoms with Crippen LogP contribution in [0.25, 0.3) is 16.3 Å². The van der Waals surface area contributed by atoms with E-state index in [1.54, 1.807) is 35.4 Å². The van der Waals surface area contributed by atoms with Gasteiger partial charge >= 0.3 is 0 Å². The number of halogens is 1. The third kappa shape index (κ3) is 3.66. The Kier molecular flexibility index (Phi) is 4.97. The second kappa shape index (κ2) is 7.16. The van der Waals surface area contributed by atoms with E-state index in [2.05, 4.69) is 4.98 Å². The molecule has 0 fully saturated rings. The summed E-state index contributed by atoms with van der Waals surface area (Å²) in [7, 11) is 1.79. The van der Waals surface area contributed by atoms with Crippen LogP contribution >= 0.6 is 22.9 Å². The Morgan fingerprint density at radius 2 is 2.04 bits per heavy atom. The minimum absolute atomic E-state index is 0.0591. The third-order valence-corrected chi connectivity index (χ3v) is 5.18. The Hall–Kier alpha value is -2.17. The SMILES string of the molecule is CC(c1cccc(Cl)c1)N(C)C(=O)/C=C/c1nc2ccccc2s1. The maximum atomic E-state index is 12.4. The highest BCUT2D eigenvalue weighted by Crippen LogP contribution is 2.24. The fraction of sp³-hybridized carbons (Fsp3) is 0.158. The molecular formula is C19H17ClN2OS. The van der Waals surface area contributed by atoms with Crippen molar-refractivity contribution in [3.05, 3.63) is 70.2 Å². The van der Waals surface area contributed by atoms with Crippen molar-refractivity contribution in [1.29, 1.82) is 0 Å². The van der Waals surface area contributed by atoms with Gasteiger partial charge < -0.3 is 4.90 Å². The molecular weight excluding hydrogens is 340 g/mol.